The number of benzene rings is 3. The molecule has 0 N–H and O–H groups in total. The minimum atomic E-state index is -3.56. The maximum absolute atomic E-state index is 12.9. The van der Waals surface area contributed by atoms with Crippen molar-refractivity contribution in [2.75, 3.05) is 14.1 Å². The van der Waals surface area contributed by atoms with E-state index < -0.39 is 10.0 Å². The summed E-state index contributed by atoms with van der Waals surface area (Å²) in [6, 6.07) is 25.2. The second-order valence-corrected chi connectivity index (χ2v) is 10.5. The average Bonchev–Trinajstić information content (AvgIpc) is 3.52. The molecule has 0 aliphatic carbocycles. The van der Waals surface area contributed by atoms with Gasteiger partial charge in [0.25, 0.3) is 0 Å². The molecule has 0 saturated carbocycles. The Labute approximate surface area is 209 Å². The second-order valence-electron chi connectivity index (χ2n) is 8.37. The lowest BCUT2D eigenvalue weighted by molar-refractivity contribution is 0.104. The van der Waals surface area contributed by atoms with Crippen LogP contribution in [0.2, 0.25) is 0 Å². The van der Waals surface area contributed by atoms with Gasteiger partial charge in [-0.05, 0) is 60.7 Å². The highest BCUT2D eigenvalue weighted by molar-refractivity contribution is 7.89. The SMILES string of the molecule is CN(C)S(=O)(=O)c1ccc(C(=O)C=Cc2cn(-c3ccccc3)nc2-c2cc3ccccc3o2)cc1. The molecule has 8 heteroatoms. The van der Waals surface area contributed by atoms with Gasteiger partial charge in [-0.1, -0.05) is 36.4 Å². The molecule has 0 saturated heterocycles. The summed E-state index contributed by atoms with van der Waals surface area (Å²) in [7, 11) is -0.634. The lowest BCUT2D eigenvalue weighted by Gasteiger charge is -2.11. The zero-order chi connectivity index (χ0) is 25.3. The van der Waals surface area contributed by atoms with E-state index in [1.807, 2.05) is 66.9 Å². The van der Waals surface area contributed by atoms with Crippen molar-refractivity contribution >= 4 is 32.9 Å². The van der Waals surface area contributed by atoms with Gasteiger partial charge in [0.15, 0.2) is 11.5 Å². The smallest absolute Gasteiger partial charge is 0.242 e. The molecule has 0 amide bonds. The fraction of sp³-hybridized carbons (Fsp3) is 0.0714. The number of ketones is 1. The Bertz CT molecular complexity index is 1650. The van der Waals surface area contributed by atoms with Crippen LogP contribution in [0.3, 0.4) is 0 Å². The minimum Gasteiger partial charge on any atom is -0.454 e. The van der Waals surface area contributed by atoms with Gasteiger partial charge < -0.3 is 4.42 Å². The molecule has 3 aromatic carbocycles. The van der Waals surface area contributed by atoms with Gasteiger partial charge in [-0.25, -0.2) is 17.4 Å². The summed E-state index contributed by atoms with van der Waals surface area (Å²) >= 11 is 0. The summed E-state index contributed by atoms with van der Waals surface area (Å²) in [5.41, 5.74) is 3.31. The molecule has 5 aromatic rings. The Hall–Kier alpha value is -4.27. The monoisotopic (exact) mass is 497 g/mol. The molecule has 0 atom stereocenters. The minimum absolute atomic E-state index is 0.129. The van der Waals surface area contributed by atoms with Gasteiger partial charge in [-0.2, -0.15) is 5.10 Å². The largest absolute Gasteiger partial charge is 0.454 e. The number of hydrogen-bond donors (Lipinski definition) is 0. The Kier molecular flexibility index (Phi) is 6.13. The van der Waals surface area contributed by atoms with Crippen LogP contribution in [0.1, 0.15) is 15.9 Å². The van der Waals surface area contributed by atoms with E-state index in [1.54, 1.807) is 10.8 Å². The molecule has 2 heterocycles. The van der Waals surface area contributed by atoms with Crippen LogP contribution >= 0.6 is 0 Å². The van der Waals surface area contributed by atoms with Crippen LogP contribution in [0.15, 0.2) is 107 Å². The zero-order valence-electron chi connectivity index (χ0n) is 19.7. The van der Waals surface area contributed by atoms with Gasteiger partial charge in [-0.3, -0.25) is 4.79 Å². The van der Waals surface area contributed by atoms with E-state index in [1.165, 1.54) is 44.4 Å². The highest BCUT2D eigenvalue weighted by atomic mass is 32.2. The third-order valence-electron chi connectivity index (χ3n) is 5.75. The van der Waals surface area contributed by atoms with E-state index in [-0.39, 0.29) is 10.7 Å². The van der Waals surface area contributed by atoms with Crippen molar-refractivity contribution < 1.29 is 17.6 Å². The van der Waals surface area contributed by atoms with E-state index in [0.717, 1.165) is 21.0 Å². The van der Waals surface area contributed by atoms with Crippen LogP contribution in [-0.4, -0.2) is 42.4 Å². The number of hydrogen-bond acceptors (Lipinski definition) is 5. The number of carbonyl (C=O) groups excluding carboxylic acids is 1. The Morgan fingerprint density at radius 3 is 2.33 bits per heavy atom. The molecular weight excluding hydrogens is 474 g/mol. The Morgan fingerprint density at radius 1 is 0.944 bits per heavy atom. The van der Waals surface area contributed by atoms with Crippen molar-refractivity contribution in [2.45, 2.75) is 4.90 Å². The van der Waals surface area contributed by atoms with Gasteiger partial charge in [0.1, 0.15) is 11.3 Å². The number of aromatic nitrogens is 2. The second kappa shape index (κ2) is 9.41. The quantitative estimate of drug-likeness (QED) is 0.221. The predicted molar refractivity (Wildman–Crippen MR) is 139 cm³/mol. The van der Waals surface area contributed by atoms with E-state index in [0.29, 0.717) is 22.6 Å². The number of para-hydroxylation sites is 2. The average molecular weight is 498 g/mol. The third-order valence-corrected chi connectivity index (χ3v) is 7.58. The van der Waals surface area contributed by atoms with Crippen molar-refractivity contribution in [1.82, 2.24) is 14.1 Å². The highest BCUT2D eigenvalue weighted by Gasteiger charge is 2.18. The lowest BCUT2D eigenvalue weighted by Crippen LogP contribution is -2.22. The lowest BCUT2D eigenvalue weighted by atomic mass is 10.1. The molecule has 0 radical (unpaired) electrons. The first-order chi connectivity index (χ1) is 17.3. The molecule has 0 aliphatic rings. The van der Waals surface area contributed by atoms with Gasteiger partial charge >= 0.3 is 0 Å². The molecule has 180 valence electrons. The van der Waals surface area contributed by atoms with Crippen molar-refractivity contribution in [3.63, 3.8) is 0 Å². The van der Waals surface area contributed by atoms with Crippen LogP contribution in [0.4, 0.5) is 0 Å². The third kappa shape index (κ3) is 4.51. The van der Waals surface area contributed by atoms with Crippen LogP contribution in [0.25, 0.3) is 34.2 Å². The normalized spacial score (nSPS) is 12.1. The van der Waals surface area contributed by atoms with Gasteiger partial charge in [0, 0.05) is 36.8 Å². The first-order valence-electron chi connectivity index (χ1n) is 11.2. The van der Waals surface area contributed by atoms with Crippen molar-refractivity contribution in [2.24, 2.45) is 0 Å². The molecule has 7 nitrogen and oxygen atoms in total. The summed E-state index contributed by atoms with van der Waals surface area (Å²) in [6.45, 7) is 0. The predicted octanol–water partition coefficient (Wildman–Crippen LogP) is 5.43. The number of carbonyl (C=O) groups is 1. The molecule has 0 aliphatic heterocycles. The molecule has 0 fully saturated rings. The summed E-state index contributed by atoms with van der Waals surface area (Å²) in [5, 5.41) is 5.70. The summed E-state index contributed by atoms with van der Waals surface area (Å²) in [4.78, 5) is 13.0. The molecule has 2 aromatic heterocycles. The molecular formula is C28H23N3O4S. The van der Waals surface area contributed by atoms with Crippen LogP contribution in [-0.2, 0) is 10.0 Å². The molecule has 0 bridgehead atoms. The number of furan rings is 1. The van der Waals surface area contributed by atoms with Gasteiger partial charge in [-0.15, -0.1) is 0 Å². The standard InChI is InChI=1S/C28H23N3O4S/c1-30(2)36(33,34)24-15-12-20(13-16-24)25(32)17-14-22-19-31(23-9-4-3-5-10-23)29-28(22)27-18-21-8-6-7-11-26(21)35-27/h3-19H,1-2H3. The first kappa shape index (κ1) is 23.5. The Morgan fingerprint density at radius 2 is 1.64 bits per heavy atom. The maximum Gasteiger partial charge on any atom is 0.242 e. The van der Waals surface area contributed by atoms with Crippen LogP contribution < -0.4 is 0 Å². The van der Waals surface area contributed by atoms with E-state index in [4.69, 9.17) is 9.52 Å². The molecule has 0 unspecified atom stereocenters. The summed E-state index contributed by atoms with van der Waals surface area (Å²) < 4.78 is 33.5. The van der Waals surface area contributed by atoms with E-state index in [9.17, 15) is 13.2 Å². The van der Waals surface area contributed by atoms with Crippen molar-refractivity contribution in [3.8, 4) is 17.1 Å². The Balaban J connectivity index is 1.49. The summed E-state index contributed by atoms with van der Waals surface area (Å²) in [5.74, 6) is 0.336. The fourth-order valence-corrected chi connectivity index (χ4v) is 4.68. The van der Waals surface area contributed by atoms with E-state index in [2.05, 4.69) is 0 Å². The zero-order valence-corrected chi connectivity index (χ0v) is 20.5. The van der Waals surface area contributed by atoms with Crippen molar-refractivity contribution in [3.05, 3.63) is 108 Å². The summed E-state index contributed by atoms with van der Waals surface area (Å²) in [6.07, 6.45) is 4.99. The number of nitrogens with zero attached hydrogens (tertiary/aromatic N) is 3. The molecule has 36 heavy (non-hydrogen) atoms. The van der Waals surface area contributed by atoms with Gasteiger partial charge in [0.05, 0.1) is 10.6 Å². The number of allylic oxidation sites excluding steroid dienone is 1. The molecule has 5 rings (SSSR count). The maximum atomic E-state index is 12.9. The fourth-order valence-electron chi connectivity index (χ4n) is 3.78. The van der Waals surface area contributed by atoms with Crippen LogP contribution in [0, 0.1) is 0 Å². The number of fused-ring (bicyclic) bond motifs is 1. The van der Waals surface area contributed by atoms with Gasteiger partial charge in [0.2, 0.25) is 10.0 Å². The topological polar surface area (TPSA) is 85.4 Å². The van der Waals surface area contributed by atoms with Crippen molar-refractivity contribution in [1.29, 1.82) is 0 Å². The number of sulfonamides is 1. The van der Waals surface area contributed by atoms with E-state index >= 15 is 0 Å². The number of rotatable bonds is 7. The van der Waals surface area contributed by atoms with Crippen LogP contribution in [0.5, 0.6) is 0 Å². The first-order valence-corrected chi connectivity index (χ1v) is 12.7. The molecule has 0 spiro atoms. The highest BCUT2D eigenvalue weighted by Crippen LogP contribution is 2.30.